The number of thioether (sulfide) groups is 1. The monoisotopic (exact) mass is 206 g/mol. The lowest BCUT2D eigenvalue weighted by molar-refractivity contribution is -0.119. The van der Waals surface area contributed by atoms with Crippen LogP contribution in [0.1, 0.15) is 20.3 Å². The zero-order chi connectivity index (χ0) is 10.3. The molecule has 0 spiro atoms. The number of carbonyl (C=O) groups excluding carboxylic acids is 1. The van der Waals surface area contributed by atoms with Crippen molar-refractivity contribution in [1.82, 2.24) is 0 Å². The molecular formula is C9H18O3S. The Kier molecular flexibility index (Phi) is 7.32. The summed E-state index contributed by atoms with van der Waals surface area (Å²) >= 11 is 1.38. The molecule has 13 heavy (non-hydrogen) atoms. The summed E-state index contributed by atoms with van der Waals surface area (Å²) in [6.07, 6.45) is 0.164. The molecule has 0 radical (unpaired) electrons. The van der Waals surface area contributed by atoms with Crippen molar-refractivity contribution in [3.63, 3.8) is 0 Å². The molecule has 0 saturated heterocycles. The quantitative estimate of drug-likeness (QED) is 0.643. The van der Waals surface area contributed by atoms with Gasteiger partial charge in [-0.05, 0) is 6.42 Å². The van der Waals surface area contributed by atoms with Crippen LogP contribution in [0.15, 0.2) is 0 Å². The van der Waals surface area contributed by atoms with Crippen molar-refractivity contribution < 1.29 is 15.0 Å². The van der Waals surface area contributed by atoms with E-state index in [1.807, 2.05) is 13.8 Å². The van der Waals surface area contributed by atoms with E-state index < -0.39 is 6.10 Å². The molecule has 2 atom stereocenters. The maximum Gasteiger partial charge on any atom is 0.145 e. The van der Waals surface area contributed by atoms with Crippen LogP contribution in [0.5, 0.6) is 0 Å². The predicted octanol–water partition coefficient (Wildman–Crippen LogP) is 0.688. The molecule has 0 aromatic carbocycles. The first kappa shape index (κ1) is 12.9. The van der Waals surface area contributed by atoms with Gasteiger partial charge >= 0.3 is 0 Å². The molecule has 2 unspecified atom stereocenters. The van der Waals surface area contributed by atoms with E-state index in [4.69, 9.17) is 10.2 Å². The number of hydrogen-bond donors (Lipinski definition) is 2. The Balaban J connectivity index is 3.47. The van der Waals surface area contributed by atoms with Gasteiger partial charge in [0.1, 0.15) is 5.78 Å². The van der Waals surface area contributed by atoms with Crippen LogP contribution in [0.2, 0.25) is 0 Å². The minimum atomic E-state index is -0.699. The van der Waals surface area contributed by atoms with E-state index in [1.165, 1.54) is 11.8 Å². The Morgan fingerprint density at radius 2 is 2.15 bits per heavy atom. The highest BCUT2D eigenvalue weighted by Crippen LogP contribution is 2.09. The molecule has 0 heterocycles. The normalized spacial score (nSPS) is 15.4. The first-order valence-corrected chi connectivity index (χ1v) is 5.66. The molecule has 0 aromatic heterocycles. The van der Waals surface area contributed by atoms with Crippen LogP contribution in [0, 0.1) is 5.92 Å². The van der Waals surface area contributed by atoms with Gasteiger partial charge in [-0.2, -0.15) is 11.8 Å². The van der Waals surface area contributed by atoms with Crippen molar-refractivity contribution in [3.05, 3.63) is 0 Å². The van der Waals surface area contributed by atoms with Gasteiger partial charge < -0.3 is 10.2 Å². The molecule has 0 aromatic rings. The molecule has 0 bridgehead atoms. The molecule has 0 fully saturated rings. The van der Waals surface area contributed by atoms with Crippen LogP contribution >= 0.6 is 11.8 Å². The molecule has 0 aliphatic heterocycles. The average Bonchev–Trinajstić information content (AvgIpc) is 2.15. The zero-order valence-electron chi connectivity index (χ0n) is 8.19. The van der Waals surface area contributed by atoms with Gasteiger partial charge in [0.25, 0.3) is 0 Å². The Hall–Kier alpha value is -0.0600. The molecule has 0 aliphatic rings. The number of ketones is 1. The van der Waals surface area contributed by atoms with Crippen molar-refractivity contribution in [2.24, 2.45) is 5.92 Å². The predicted molar refractivity (Wildman–Crippen MR) is 54.9 cm³/mol. The first-order valence-electron chi connectivity index (χ1n) is 4.51. The maximum atomic E-state index is 11.3. The zero-order valence-corrected chi connectivity index (χ0v) is 9.01. The number of hydrogen-bond acceptors (Lipinski definition) is 4. The van der Waals surface area contributed by atoms with Crippen LogP contribution < -0.4 is 0 Å². The molecule has 0 saturated carbocycles. The van der Waals surface area contributed by atoms with Crippen LogP contribution in [-0.4, -0.2) is 40.2 Å². The van der Waals surface area contributed by atoms with E-state index in [0.29, 0.717) is 11.5 Å². The molecule has 0 aliphatic carbocycles. The summed E-state index contributed by atoms with van der Waals surface area (Å²) in [4.78, 5) is 11.3. The molecule has 3 nitrogen and oxygen atoms in total. The van der Waals surface area contributed by atoms with E-state index in [0.717, 1.165) is 6.42 Å². The number of carbonyl (C=O) groups is 1. The summed E-state index contributed by atoms with van der Waals surface area (Å²) in [6.45, 7) is 3.66. The Labute approximate surface area is 83.5 Å². The van der Waals surface area contributed by atoms with Gasteiger partial charge in [0, 0.05) is 11.7 Å². The van der Waals surface area contributed by atoms with Crippen LogP contribution in [0.4, 0.5) is 0 Å². The lowest BCUT2D eigenvalue weighted by Crippen LogP contribution is -2.18. The SMILES string of the molecule is CCC(C)C(=O)CSCC(O)CO. The summed E-state index contributed by atoms with van der Waals surface area (Å²) in [7, 11) is 0. The first-order chi connectivity index (χ1) is 6.11. The molecule has 2 N–H and O–H groups in total. The fourth-order valence-electron chi connectivity index (χ4n) is 0.718. The second kappa shape index (κ2) is 7.35. The highest BCUT2D eigenvalue weighted by Gasteiger charge is 2.11. The summed E-state index contributed by atoms with van der Waals surface area (Å²) in [5.41, 5.74) is 0. The smallest absolute Gasteiger partial charge is 0.145 e. The minimum absolute atomic E-state index is 0.110. The lowest BCUT2D eigenvalue weighted by atomic mass is 10.1. The van der Waals surface area contributed by atoms with Crippen molar-refractivity contribution in [1.29, 1.82) is 0 Å². The molecular weight excluding hydrogens is 188 g/mol. The van der Waals surface area contributed by atoms with E-state index in [1.54, 1.807) is 0 Å². The standard InChI is InChI=1S/C9H18O3S/c1-3-7(2)9(12)6-13-5-8(11)4-10/h7-8,10-11H,3-6H2,1-2H3. The highest BCUT2D eigenvalue weighted by atomic mass is 32.2. The third-order valence-corrected chi connectivity index (χ3v) is 3.04. The van der Waals surface area contributed by atoms with Crippen LogP contribution in [0.25, 0.3) is 0 Å². The molecule has 0 amide bonds. The summed E-state index contributed by atoms with van der Waals surface area (Å²) in [6, 6.07) is 0. The molecule has 4 heteroatoms. The Morgan fingerprint density at radius 3 is 2.62 bits per heavy atom. The van der Waals surface area contributed by atoms with Gasteiger partial charge in [-0.3, -0.25) is 4.79 Å². The highest BCUT2D eigenvalue weighted by molar-refractivity contribution is 8.00. The number of rotatable bonds is 7. The molecule has 78 valence electrons. The third-order valence-electron chi connectivity index (χ3n) is 1.93. The number of Topliss-reactive ketones (excluding diaryl/α,β-unsaturated/α-hetero) is 1. The summed E-state index contributed by atoms with van der Waals surface area (Å²) in [5, 5.41) is 17.5. The van der Waals surface area contributed by atoms with Gasteiger partial charge in [-0.25, -0.2) is 0 Å². The maximum absolute atomic E-state index is 11.3. The van der Waals surface area contributed by atoms with Crippen LogP contribution in [-0.2, 0) is 4.79 Å². The Morgan fingerprint density at radius 1 is 1.54 bits per heavy atom. The second-order valence-corrected chi connectivity index (χ2v) is 4.16. The minimum Gasteiger partial charge on any atom is -0.394 e. The third kappa shape index (κ3) is 6.07. The van der Waals surface area contributed by atoms with E-state index >= 15 is 0 Å². The topological polar surface area (TPSA) is 57.5 Å². The molecule has 0 rings (SSSR count). The van der Waals surface area contributed by atoms with Crippen molar-refractivity contribution >= 4 is 17.5 Å². The van der Waals surface area contributed by atoms with Gasteiger partial charge in [-0.1, -0.05) is 13.8 Å². The summed E-state index contributed by atoms with van der Waals surface area (Å²) in [5.74, 6) is 1.20. The number of aliphatic hydroxyl groups is 2. The van der Waals surface area contributed by atoms with Gasteiger partial charge in [0.2, 0.25) is 0 Å². The van der Waals surface area contributed by atoms with E-state index in [2.05, 4.69) is 0 Å². The largest absolute Gasteiger partial charge is 0.394 e. The lowest BCUT2D eigenvalue weighted by Gasteiger charge is -2.08. The van der Waals surface area contributed by atoms with E-state index in [-0.39, 0.29) is 18.3 Å². The number of aliphatic hydroxyl groups excluding tert-OH is 2. The Bertz CT molecular complexity index is 150. The average molecular weight is 206 g/mol. The second-order valence-electron chi connectivity index (χ2n) is 3.13. The van der Waals surface area contributed by atoms with Crippen molar-refractivity contribution in [2.45, 2.75) is 26.4 Å². The fraction of sp³-hybridized carbons (Fsp3) is 0.889. The van der Waals surface area contributed by atoms with Gasteiger partial charge in [0.15, 0.2) is 0 Å². The van der Waals surface area contributed by atoms with Gasteiger partial charge in [0.05, 0.1) is 18.5 Å². The van der Waals surface area contributed by atoms with Gasteiger partial charge in [-0.15, -0.1) is 0 Å². The van der Waals surface area contributed by atoms with Crippen molar-refractivity contribution in [2.75, 3.05) is 18.1 Å². The van der Waals surface area contributed by atoms with E-state index in [9.17, 15) is 4.79 Å². The van der Waals surface area contributed by atoms with Crippen LogP contribution in [0.3, 0.4) is 0 Å². The fourth-order valence-corrected chi connectivity index (χ4v) is 1.70. The van der Waals surface area contributed by atoms with Crippen molar-refractivity contribution in [3.8, 4) is 0 Å². The summed E-state index contributed by atoms with van der Waals surface area (Å²) < 4.78 is 0.